The molecule has 0 bridgehead atoms. The van der Waals surface area contributed by atoms with Gasteiger partial charge in [-0.1, -0.05) is 13.8 Å². The molecule has 2 aromatic heterocycles. The number of furan rings is 1. The summed E-state index contributed by atoms with van der Waals surface area (Å²) in [6, 6.07) is 3.60. The van der Waals surface area contributed by atoms with Gasteiger partial charge in [0, 0.05) is 12.1 Å². The van der Waals surface area contributed by atoms with Crippen molar-refractivity contribution in [2.24, 2.45) is 0 Å². The zero-order valence-corrected chi connectivity index (χ0v) is 11.3. The average Bonchev–Trinajstić information content (AvgIpc) is 2.88. The maximum absolute atomic E-state index is 12.0. The Morgan fingerprint density at radius 3 is 2.84 bits per heavy atom. The van der Waals surface area contributed by atoms with Gasteiger partial charge in [0.15, 0.2) is 0 Å². The molecule has 5 heteroatoms. The molecule has 2 aromatic rings. The number of rotatable bonds is 4. The van der Waals surface area contributed by atoms with Crippen molar-refractivity contribution in [2.45, 2.75) is 33.2 Å². The van der Waals surface area contributed by atoms with Crippen LogP contribution < -0.4 is 5.32 Å². The summed E-state index contributed by atoms with van der Waals surface area (Å²) >= 11 is 0. The largest absolute Gasteiger partial charge is 0.467 e. The highest BCUT2D eigenvalue weighted by Gasteiger charge is 2.13. The molecular weight excluding hydrogens is 242 g/mol. The first kappa shape index (κ1) is 13.3. The maximum atomic E-state index is 12.0. The highest BCUT2D eigenvalue weighted by atomic mass is 16.3. The van der Waals surface area contributed by atoms with E-state index in [1.54, 1.807) is 18.5 Å². The van der Waals surface area contributed by atoms with Crippen molar-refractivity contribution in [3.8, 4) is 0 Å². The third kappa shape index (κ3) is 3.19. The molecule has 1 N–H and O–H groups in total. The smallest absolute Gasteiger partial charge is 0.255 e. The summed E-state index contributed by atoms with van der Waals surface area (Å²) < 4.78 is 5.15. The quantitative estimate of drug-likeness (QED) is 0.915. The van der Waals surface area contributed by atoms with Crippen LogP contribution in [0.3, 0.4) is 0 Å². The van der Waals surface area contributed by atoms with Crippen LogP contribution >= 0.6 is 0 Å². The summed E-state index contributed by atoms with van der Waals surface area (Å²) in [6.45, 7) is 6.21. The van der Waals surface area contributed by atoms with Gasteiger partial charge in [0.25, 0.3) is 5.91 Å². The first-order valence-electron chi connectivity index (χ1n) is 6.22. The normalized spacial score (nSPS) is 10.7. The first-order chi connectivity index (χ1) is 9.08. The molecule has 100 valence electrons. The lowest BCUT2D eigenvalue weighted by Crippen LogP contribution is -2.24. The van der Waals surface area contributed by atoms with E-state index in [2.05, 4.69) is 15.3 Å². The van der Waals surface area contributed by atoms with E-state index in [1.165, 1.54) is 0 Å². The summed E-state index contributed by atoms with van der Waals surface area (Å²) in [5.41, 5.74) is 1.19. The highest BCUT2D eigenvalue weighted by Crippen LogP contribution is 2.11. The number of aromatic nitrogens is 2. The van der Waals surface area contributed by atoms with Crippen LogP contribution in [0.25, 0.3) is 0 Å². The van der Waals surface area contributed by atoms with Crippen molar-refractivity contribution >= 4 is 5.91 Å². The molecule has 0 aromatic carbocycles. The van der Waals surface area contributed by atoms with E-state index in [1.807, 2.05) is 26.8 Å². The minimum Gasteiger partial charge on any atom is -0.467 e. The highest BCUT2D eigenvalue weighted by molar-refractivity contribution is 5.94. The second-order valence-electron chi connectivity index (χ2n) is 4.64. The number of nitrogens with zero attached hydrogens (tertiary/aromatic N) is 2. The van der Waals surface area contributed by atoms with E-state index < -0.39 is 0 Å². The van der Waals surface area contributed by atoms with Gasteiger partial charge in [0.05, 0.1) is 24.1 Å². The molecule has 5 nitrogen and oxygen atoms in total. The molecule has 0 aliphatic carbocycles. The van der Waals surface area contributed by atoms with Crippen molar-refractivity contribution < 1.29 is 9.21 Å². The standard InChI is InChI=1S/C14H17N3O2/c1-9(2)13-15-8-12(10(3)17-13)14(18)16-7-11-5-4-6-19-11/h4-6,8-9H,7H2,1-3H3,(H,16,18). The van der Waals surface area contributed by atoms with Gasteiger partial charge in [-0.15, -0.1) is 0 Å². The third-order valence-electron chi connectivity index (χ3n) is 2.76. The van der Waals surface area contributed by atoms with Crippen LogP contribution in [-0.2, 0) is 6.54 Å². The number of aryl methyl sites for hydroxylation is 1. The van der Waals surface area contributed by atoms with E-state index in [0.717, 1.165) is 5.82 Å². The minimum absolute atomic E-state index is 0.191. The Hall–Kier alpha value is -2.17. The lowest BCUT2D eigenvalue weighted by molar-refractivity contribution is 0.0946. The summed E-state index contributed by atoms with van der Waals surface area (Å²) in [4.78, 5) is 20.6. The summed E-state index contributed by atoms with van der Waals surface area (Å²) in [5, 5.41) is 2.78. The molecule has 0 saturated heterocycles. The van der Waals surface area contributed by atoms with Crippen LogP contribution in [0.4, 0.5) is 0 Å². The fraction of sp³-hybridized carbons (Fsp3) is 0.357. The molecule has 0 aliphatic rings. The molecule has 0 spiro atoms. The summed E-state index contributed by atoms with van der Waals surface area (Å²) in [5.74, 6) is 1.52. The van der Waals surface area contributed by atoms with Gasteiger partial charge < -0.3 is 9.73 Å². The van der Waals surface area contributed by atoms with Gasteiger partial charge in [-0.05, 0) is 19.1 Å². The Morgan fingerprint density at radius 1 is 1.47 bits per heavy atom. The molecule has 0 radical (unpaired) electrons. The third-order valence-corrected chi connectivity index (χ3v) is 2.76. The molecule has 2 heterocycles. The predicted octanol–water partition coefficient (Wildman–Crippen LogP) is 2.43. The van der Waals surface area contributed by atoms with E-state index in [0.29, 0.717) is 23.6 Å². The molecule has 0 fully saturated rings. The number of carbonyl (C=O) groups is 1. The van der Waals surface area contributed by atoms with Crippen molar-refractivity contribution in [3.63, 3.8) is 0 Å². The van der Waals surface area contributed by atoms with E-state index in [-0.39, 0.29) is 11.8 Å². The van der Waals surface area contributed by atoms with Crippen LogP contribution in [-0.4, -0.2) is 15.9 Å². The molecule has 1 amide bonds. The van der Waals surface area contributed by atoms with E-state index in [4.69, 9.17) is 4.42 Å². The number of nitrogens with one attached hydrogen (secondary N) is 1. The van der Waals surface area contributed by atoms with Gasteiger partial charge in [0.1, 0.15) is 11.6 Å². The van der Waals surface area contributed by atoms with Crippen molar-refractivity contribution in [1.82, 2.24) is 15.3 Å². The molecule has 19 heavy (non-hydrogen) atoms. The van der Waals surface area contributed by atoms with Crippen LogP contribution in [0.2, 0.25) is 0 Å². The van der Waals surface area contributed by atoms with Gasteiger partial charge in [-0.25, -0.2) is 9.97 Å². The average molecular weight is 259 g/mol. The van der Waals surface area contributed by atoms with Crippen LogP contribution in [0.1, 0.15) is 47.4 Å². The zero-order valence-electron chi connectivity index (χ0n) is 11.3. The topological polar surface area (TPSA) is 68.0 Å². The molecular formula is C14H17N3O2. The van der Waals surface area contributed by atoms with Crippen LogP contribution in [0.15, 0.2) is 29.0 Å². The second-order valence-corrected chi connectivity index (χ2v) is 4.64. The monoisotopic (exact) mass is 259 g/mol. The maximum Gasteiger partial charge on any atom is 0.255 e. The van der Waals surface area contributed by atoms with Gasteiger partial charge in [-0.2, -0.15) is 0 Å². The SMILES string of the molecule is Cc1nc(C(C)C)ncc1C(=O)NCc1ccco1. The molecule has 0 unspecified atom stereocenters. The lowest BCUT2D eigenvalue weighted by Gasteiger charge is -2.08. The number of amides is 1. The van der Waals surface area contributed by atoms with Crippen molar-refractivity contribution in [3.05, 3.63) is 47.4 Å². The van der Waals surface area contributed by atoms with E-state index in [9.17, 15) is 4.79 Å². The zero-order chi connectivity index (χ0) is 13.8. The molecule has 0 saturated carbocycles. The first-order valence-corrected chi connectivity index (χ1v) is 6.22. The van der Waals surface area contributed by atoms with Gasteiger partial charge >= 0.3 is 0 Å². The number of carbonyl (C=O) groups excluding carboxylic acids is 1. The Bertz CT molecular complexity index is 562. The summed E-state index contributed by atoms with van der Waals surface area (Å²) in [7, 11) is 0. The minimum atomic E-state index is -0.191. The fourth-order valence-corrected chi connectivity index (χ4v) is 1.66. The number of hydrogen-bond donors (Lipinski definition) is 1. The van der Waals surface area contributed by atoms with Crippen LogP contribution in [0, 0.1) is 6.92 Å². The van der Waals surface area contributed by atoms with Crippen LogP contribution in [0.5, 0.6) is 0 Å². The molecule has 2 rings (SSSR count). The van der Waals surface area contributed by atoms with Crippen molar-refractivity contribution in [1.29, 1.82) is 0 Å². The Kier molecular flexibility index (Phi) is 3.94. The fourth-order valence-electron chi connectivity index (χ4n) is 1.66. The van der Waals surface area contributed by atoms with Crippen molar-refractivity contribution in [2.75, 3.05) is 0 Å². The second kappa shape index (κ2) is 5.65. The Balaban J connectivity index is 2.06. The summed E-state index contributed by atoms with van der Waals surface area (Å²) in [6.07, 6.45) is 3.16. The molecule has 0 atom stereocenters. The molecule has 0 aliphatic heterocycles. The van der Waals surface area contributed by atoms with E-state index >= 15 is 0 Å². The number of hydrogen-bond acceptors (Lipinski definition) is 4. The predicted molar refractivity (Wildman–Crippen MR) is 70.7 cm³/mol. The van der Waals surface area contributed by atoms with Gasteiger partial charge in [-0.3, -0.25) is 4.79 Å². The van der Waals surface area contributed by atoms with Gasteiger partial charge in [0.2, 0.25) is 0 Å². The Labute approximate surface area is 112 Å². The lowest BCUT2D eigenvalue weighted by atomic mass is 10.1. The Morgan fingerprint density at radius 2 is 2.26 bits per heavy atom.